The molecular weight excluding hydrogens is 196 g/mol. The molecular formula is C11H14O4. The van der Waals surface area contributed by atoms with Crippen molar-refractivity contribution in [2.24, 2.45) is 11.3 Å². The lowest BCUT2D eigenvalue weighted by Gasteiger charge is -2.41. The minimum Gasteiger partial charge on any atom is -0.465 e. The van der Waals surface area contributed by atoms with E-state index >= 15 is 0 Å². The van der Waals surface area contributed by atoms with E-state index < -0.39 is 11.4 Å². The molecule has 0 saturated heterocycles. The van der Waals surface area contributed by atoms with Crippen molar-refractivity contribution in [1.29, 1.82) is 0 Å². The lowest BCUT2D eigenvalue weighted by Crippen LogP contribution is -2.52. The van der Waals surface area contributed by atoms with Crippen LogP contribution in [0, 0.1) is 11.3 Å². The third-order valence-electron chi connectivity index (χ3n) is 3.48. The van der Waals surface area contributed by atoms with Gasteiger partial charge in [0.2, 0.25) is 0 Å². The van der Waals surface area contributed by atoms with E-state index in [1.807, 2.05) is 0 Å². The van der Waals surface area contributed by atoms with Gasteiger partial charge < -0.3 is 4.74 Å². The standard InChI is InChI=1S/C11H14O4/c1-2-15-10(14)11-4-3-7(5-9(11)13)8(12)6-11/h7H,2-6H2,1H3. The quantitative estimate of drug-likeness (QED) is 0.501. The summed E-state index contributed by atoms with van der Waals surface area (Å²) in [6.07, 6.45) is 1.44. The fraction of sp³-hybridized carbons (Fsp3) is 0.727. The predicted molar refractivity (Wildman–Crippen MR) is 51.0 cm³/mol. The van der Waals surface area contributed by atoms with E-state index in [9.17, 15) is 14.4 Å². The number of ether oxygens (including phenoxy) is 1. The van der Waals surface area contributed by atoms with Crippen LogP contribution in [-0.4, -0.2) is 24.1 Å². The van der Waals surface area contributed by atoms with Crippen molar-refractivity contribution in [2.45, 2.75) is 32.6 Å². The lowest BCUT2D eigenvalue weighted by atomic mass is 9.59. The molecule has 2 unspecified atom stereocenters. The Kier molecular flexibility index (Phi) is 2.37. The molecule has 0 aromatic heterocycles. The molecule has 3 aliphatic rings. The van der Waals surface area contributed by atoms with Crippen LogP contribution in [0.3, 0.4) is 0 Å². The van der Waals surface area contributed by atoms with Gasteiger partial charge in [-0.05, 0) is 19.8 Å². The third kappa shape index (κ3) is 1.39. The Morgan fingerprint density at radius 1 is 1.53 bits per heavy atom. The topological polar surface area (TPSA) is 60.4 Å². The Bertz CT molecular complexity index is 333. The molecule has 0 aromatic carbocycles. The van der Waals surface area contributed by atoms with E-state index in [4.69, 9.17) is 4.74 Å². The maximum Gasteiger partial charge on any atom is 0.320 e. The fourth-order valence-electron chi connectivity index (χ4n) is 2.54. The van der Waals surface area contributed by atoms with Crippen LogP contribution in [0.4, 0.5) is 0 Å². The molecule has 4 nitrogen and oxygen atoms in total. The lowest BCUT2D eigenvalue weighted by molar-refractivity contribution is -0.170. The second-order valence-corrected chi connectivity index (χ2v) is 4.31. The second-order valence-electron chi connectivity index (χ2n) is 4.31. The molecule has 2 bridgehead atoms. The minimum absolute atomic E-state index is 0.0499. The summed E-state index contributed by atoms with van der Waals surface area (Å²) >= 11 is 0. The summed E-state index contributed by atoms with van der Waals surface area (Å²) < 4.78 is 4.91. The van der Waals surface area contributed by atoms with Crippen LogP contribution in [-0.2, 0) is 19.1 Å². The largest absolute Gasteiger partial charge is 0.465 e. The van der Waals surface area contributed by atoms with Crippen molar-refractivity contribution >= 4 is 17.5 Å². The molecule has 82 valence electrons. The number of carbonyl (C=O) groups is 3. The Hall–Kier alpha value is -1.19. The summed E-state index contributed by atoms with van der Waals surface area (Å²) in [5.74, 6) is -0.680. The molecule has 2 atom stereocenters. The molecule has 3 fully saturated rings. The first-order chi connectivity index (χ1) is 7.10. The van der Waals surface area contributed by atoms with Crippen LogP contribution in [0.15, 0.2) is 0 Å². The van der Waals surface area contributed by atoms with E-state index in [0.717, 1.165) is 0 Å². The first-order valence-electron chi connectivity index (χ1n) is 5.33. The molecule has 0 N–H and O–H groups in total. The molecule has 0 radical (unpaired) electrons. The van der Waals surface area contributed by atoms with Crippen LogP contribution in [0.1, 0.15) is 32.6 Å². The summed E-state index contributed by atoms with van der Waals surface area (Å²) in [7, 11) is 0. The number of Topliss-reactive ketones (excluding diaryl/α,β-unsaturated/α-hetero) is 2. The predicted octanol–water partition coefficient (Wildman–Crippen LogP) is 0.878. The average Bonchev–Trinajstić information content (AvgIpc) is 2.20. The Morgan fingerprint density at radius 3 is 2.80 bits per heavy atom. The van der Waals surface area contributed by atoms with Crippen molar-refractivity contribution in [1.82, 2.24) is 0 Å². The summed E-state index contributed by atoms with van der Waals surface area (Å²) in [5.41, 5.74) is -1.12. The van der Waals surface area contributed by atoms with Gasteiger partial charge in [0.1, 0.15) is 11.2 Å². The highest BCUT2D eigenvalue weighted by Crippen LogP contribution is 2.46. The average molecular weight is 210 g/mol. The number of carbonyl (C=O) groups excluding carboxylic acids is 3. The van der Waals surface area contributed by atoms with Gasteiger partial charge in [-0.2, -0.15) is 0 Å². The molecule has 0 spiro atoms. The third-order valence-corrected chi connectivity index (χ3v) is 3.48. The smallest absolute Gasteiger partial charge is 0.320 e. The molecule has 0 amide bonds. The van der Waals surface area contributed by atoms with Crippen molar-refractivity contribution in [3.8, 4) is 0 Å². The monoisotopic (exact) mass is 210 g/mol. The van der Waals surface area contributed by atoms with Gasteiger partial charge in [-0.25, -0.2) is 0 Å². The summed E-state index contributed by atoms with van der Waals surface area (Å²) in [6, 6.07) is 0. The number of rotatable bonds is 2. The Balaban J connectivity index is 2.27. The van der Waals surface area contributed by atoms with Crippen molar-refractivity contribution < 1.29 is 19.1 Å². The summed E-state index contributed by atoms with van der Waals surface area (Å²) in [4.78, 5) is 35.1. The number of hydrogen-bond donors (Lipinski definition) is 0. The molecule has 0 aromatic rings. The Labute approximate surface area is 88.0 Å². The molecule has 3 aliphatic carbocycles. The zero-order valence-corrected chi connectivity index (χ0v) is 8.75. The van der Waals surface area contributed by atoms with Gasteiger partial charge in [-0.15, -0.1) is 0 Å². The highest BCUT2D eigenvalue weighted by atomic mass is 16.5. The normalized spacial score (nSPS) is 34.3. The van der Waals surface area contributed by atoms with Crippen LogP contribution < -0.4 is 0 Å². The van der Waals surface area contributed by atoms with Crippen molar-refractivity contribution in [2.75, 3.05) is 6.61 Å². The van der Waals surface area contributed by atoms with Crippen molar-refractivity contribution in [3.63, 3.8) is 0 Å². The van der Waals surface area contributed by atoms with E-state index in [0.29, 0.717) is 12.8 Å². The first kappa shape index (κ1) is 10.3. The zero-order chi connectivity index (χ0) is 11.1. The molecule has 0 heterocycles. The SMILES string of the molecule is CCOC(=O)C12CCC(CC1=O)C(=O)C2. The van der Waals surface area contributed by atoms with E-state index in [-0.39, 0.29) is 36.9 Å². The van der Waals surface area contributed by atoms with Gasteiger partial charge >= 0.3 is 5.97 Å². The van der Waals surface area contributed by atoms with Gasteiger partial charge in [0.25, 0.3) is 0 Å². The van der Waals surface area contributed by atoms with Gasteiger partial charge in [-0.1, -0.05) is 0 Å². The number of hydrogen-bond acceptors (Lipinski definition) is 4. The van der Waals surface area contributed by atoms with Crippen LogP contribution in [0.2, 0.25) is 0 Å². The fourth-order valence-corrected chi connectivity index (χ4v) is 2.54. The molecule has 3 rings (SSSR count). The van der Waals surface area contributed by atoms with Gasteiger partial charge in [0, 0.05) is 18.8 Å². The highest BCUT2D eigenvalue weighted by molar-refractivity contribution is 6.12. The molecule has 0 aliphatic heterocycles. The summed E-state index contributed by atoms with van der Waals surface area (Å²) in [6.45, 7) is 1.96. The van der Waals surface area contributed by atoms with E-state index in [2.05, 4.69) is 0 Å². The molecule has 3 saturated carbocycles. The highest BCUT2D eigenvalue weighted by Gasteiger charge is 2.56. The van der Waals surface area contributed by atoms with Gasteiger partial charge in [-0.3, -0.25) is 14.4 Å². The van der Waals surface area contributed by atoms with E-state index in [1.54, 1.807) is 6.92 Å². The maximum atomic E-state index is 11.8. The van der Waals surface area contributed by atoms with Crippen LogP contribution in [0.25, 0.3) is 0 Å². The van der Waals surface area contributed by atoms with Crippen LogP contribution in [0.5, 0.6) is 0 Å². The van der Waals surface area contributed by atoms with E-state index in [1.165, 1.54) is 0 Å². The summed E-state index contributed by atoms with van der Waals surface area (Å²) in [5, 5.41) is 0. The number of esters is 1. The number of fused-ring (bicyclic) bond motifs is 3. The van der Waals surface area contributed by atoms with Crippen molar-refractivity contribution in [3.05, 3.63) is 0 Å². The minimum atomic E-state index is -1.12. The Morgan fingerprint density at radius 2 is 2.27 bits per heavy atom. The number of ketones is 2. The first-order valence-corrected chi connectivity index (χ1v) is 5.33. The molecule has 4 heteroatoms. The van der Waals surface area contributed by atoms with Crippen LogP contribution >= 0.6 is 0 Å². The van der Waals surface area contributed by atoms with Gasteiger partial charge in [0.15, 0.2) is 5.78 Å². The molecule has 15 heavy (non-hydrogen) atoms. The maximum absolute atomic E-state index is 11.8. The van der Waals surface area contributed by atoms with Gasteiger partial charge in [0.05, 0.1) is 6.61 Å². The zero-order valence-electron chi connectivity index (χ0n) is 8.75. The second kappa shape index (κ2) is 3.43.